The fourth-order valence-corrected chi connectivity index (χ4v) is 3.33. The average Bonchev–Trinajstić information content (AvgIpc) is 2.66. The number of unbranched alkanes of at least 4 members (excludes halogenated alkanes) is 8. The Morgan fingerprint density at radius 1 is 0.500 bits per heavy atom. The quantitative estimate of drug-likeness (QED) is 0.231. The van der Waals surface area contributed by atoms with Crippen LogP contribution in [0.1, 0.15) is 130 Å². The molecule has 0 amide bonds. The molecule has 168 valence electrons. The number of aliphatic carboxylic acids is 2. The molecule has 4 nitrogen and oxygen atoms in total. The maximum absolute atomic E-state index is 10.9. The van der Waals surface area contributed by atoms with Crippen LogP contribution in [-0.2, 0) is 9.59 Å². The summed E-state index contributed by atoms with van der Waals surface area (Å²) in [6.07, 6.45) is 17.1. The minimum absolute atomic E-state index is 0.0897. The van der Waals surface area contributed by atoms with Gasteiger partial charge in [-0.05, 0) is 25.7 Å². The zero-order valence-electron chi connectivity index (χ0n) is 19.2. The molecule has 0 saturated carbocycles. The summed E-state index contributed by atoms with van der Waals surface area (Å²) in [7, 11) is 0. The lowest BCUT2D eigenvalue weighted by Gasteiger charge is -2.11. The van der Waals surface area contributed by atoms with Crippen molar-refractivity contribution in [1.29, 1.82) is 0 Å². The monoisotopic (exact) mass is 400 g/mol. The van der Waals surface area contributed by atoms with Crippen LogP contribution in [0, 0.1) is 11.8 Å². The van der Waals surface area contributed by atoms with Crippen molar-refractivity contribution in [1.82, 2.24) is 0 Å². The number of hydrogen-bond donors (Lipinski definition) is 2. The Kier molecular flexibility index (Phi) is 23.1. The standard InChI is InChI=1S/2C12H24O2/c1-3-5-7-8-10-11(12(13)14)9-6-4-2;1-3-5-7-9-11(12(13)14)10-8-6-4-2/h2*11H,3-10H2,1-2H3,(H,13,14). The molecule has 0 fully saturated rings. The molecule has 4 heteroatoms. The van der Waals surface area contributed by atoms with E-state index < -0.39 is 11.9 Å². The molecule has 0 aromatic heterocycles. The molecule has 0 aliphatic rings. The molecule has 0 aromatic carbocycles. The number of carboxylic acids is 2. The highest BCUT2D eigenvalue weighted by Gasteiger charge is 2.16. The van der Waals surface area contributed by atoms with Crippen molar-refractivity contribution < 1.29 is 19.8 Å². The molecule has 0 radical (unpaired) electrons. The van der Waals surface area contributed by atoms with Gasteiger partial charge in [0.25, 0.3) is 0 Å². The lowest BCUT2D eigenvalue weighted by atomic mass is 9.95. The van der Waals surface area contributed by atoms with Gasteiger partial charge in [-0.2, -0.15) is 0 Å². The number of carbonyl (C=O) groups is 2. The van der Waals surface area contributed by atoms with E-state index in [1.54, 1.807) is 0 Å². The second kappa shape index (κ2) is 22.2. The highest BCUT2D eigenvalue weighted by molar-refractivity contribution is 5.70. The van der Waals surface area contributed by atoms with E-state index in [0.717, 1.165) is 70.6 Å². The maximum atomic E-state index is 10.9. The summed E-state index contributed by atoms with van der Waals surface area (Å²) in [4.78, 5) is 21.8. The Labute approximate surface area is 174 Å². The van der Waals surface area contributed by atoms with Gasteiger partial charge >= 0.3 is 11.9 Å². The van der Waals surface area contributed by atoms with Crippen LogP contribution in [0.5, 0.6) is 0 Å². The number of hydrogen-bond acceptors (Lipinski definition) is 2. The predicted octanol–water partition coefficient (Wildman–Crippen LogP) is 7.70. The fourth-order valence-electron chi connectivity index (χ4n) is 3.33. The number of carboxylic acid groups (broad SMARTS) is 2. The number of rotatable bonds is 18. The van der Waals surface area contributed by atoms with Crippen molar-refractivity contribution in [2.45, 2.75) is 130 Å². The third-order valence-electron chi connectivity index (χ3n) is 5.32. The third-order valence-corrected chi connectivity index (χ3v) is 5.32. The van der Waals surface area contributed by atoms with Crippen molar-refractivity contribution in [3.8, 4) is 0 Å². The first-order valence-corrected chi connectivity index (χ1v) is 11.9. The summed E-state index contributed by atoms with van der Waals surface area (Å²) >= 11 is 0. The molecule has 0 heterocycles. The van der Waals surface area contributed by atoms with Crippen LogP contribution in [0.2, 0.25) is 0 Å². The molecule has 2 N–H and O–H groups in total. The SMILES string of the molecule is CCCCCC(CCCCC)C(=O)O.CCCCCCC(CCCC)C(=O)O. The maximum Gasteiger partial charge on any atom is 0.306 e. The van der Waals surface area contributed by atoms with E-state index >= 15 is 0 Å². The van der Waals surface area contributed by atoms with Gasteiger partial charge in [-0.3, -0.25) is 9.59 Å². The van der Waals surface area contributed by atoms with Gasteiger partial charge in [0.1, 0.15) is 0 Å². The summed E-state index contributed by atoms with van der Waals surface area (Å²) < 4.78 is 0. The Bertz CT molecular complexity index is 345. The Balaban J connectivity index is 0. The van der Waals surface area contributed by atoms with Crippen molar-refractivity contribution in [2.75, 3.05) is 0 Å². The highest BCUT2D eigenvalue weighted by atomic mass is 16.4. The molecule has 0 aromatic rings. The van der Waals surface area contributed by atoms with Gasteiger partial charge in [0, 0.05) is 0 Å². The van der Waals surface area contributed by atoms with Crippen molar-refractivity contribution >= 4 is 11.9 Å². The van der Waals surface area contributed by atoms with Crippen LogP contribution >= 0.6 is 0 Å². The first-order chi connectivity index (χ1) is 13.4. The zero-order valence-corrected chi connectivity index (χ0v) is 19.2. The van der Waals surface area contributed by atoms with Gasteiger partial charge in [-0.25, -0.2) is 0 Å². The van der Waals surface area contributed by atoms with E-state index in [1.165, 1.54) is 32.1 Å². The third kappa shape index (κ3) is 19.7. The van der Waals surface area contributed by atoms with Crippen molar-refractivity contribution in [3.05, 3.63) is 0 Å². The average molecular weight is 401 g/mol. The molecular formula is C24H48O4. The molecular weight excluding hydrogens is 352 g/mol. The molecule has 28 heavy (non-hydrogen) atoms. The lowest BCUT2D eigenvalue weighted by molar-refractivity contribution is -0.143. The molecule has 0 spiro atoms. The van der Waals surface area contributed by atoms with Crippen LogP contribution < -0.4 is 0 Å². The summed E-state index contributed by atoms with van der Waals surface area (Å²) in [6, 6.07) is 0. The van der Waals surface area contributed by atoms with E-state index in [1.807, 2.05) is 0 Å². The first kappa shape index (κ1) is 29.1. The topological polar surface area (TPSA) is 74.6 Å². The molecule has 1 unspecified atom stereocenters. The summed E-state index contributed by atoms with van der Waals surface area (Å²) in [6.45, 7) is 8.57. The second-order valence-electron chi connectivity index (χ2n) is 8.05. The summed E-state index contributed by atoms with van der Waals surface area (Å²) in [5.74, 6) is -1.38. The Hall–Kier alpha value is -1.06. The normalized spacial score (nSPS) is 11.8. The summed E-state index contributed by atoms with van der Waals surface area (Å²) in [5, 5.41) is 17.9. The smallest absolute Gasteiger partial charge is 0.306 e. The van der Waals surface area contributed by atoms with Crippen LogP contribution in [0.3, 0.4) is 0 Å². The first-order valence-electron chi connectivity index (χ1n) is 11.9. The molecule has 0 aliphatic heterocycles. The van der Waals surface area contributed by atoms with Crippen LogP contribution in [0.4, 0.5) is 0 Å². The van der Waals surface area contributed by atoms with E-state index in [-0.39, 0.29) is 11.8 Å². The summed E-state index contributed by atoms with van der Waals surface area (Å²) in [5.41, 5.74) is 0. The van der Waals surface area contributed by atoms with Crippen molar-refractivity contribution in [2.24, 2.45) is 11.8 Å². The van der Waals surface area contributed by atoms with E-state index in [4.69, 9.17) is 10.2 Å². The van der Waals surface area contributed by atoms with Gasteiger partial charge < -0.3 is 10.2 Å². The van der Waals surface area contributed by atoms with Gasteiger partial charge in [0.05, 0.1) is 11.8 Å². The lowest BCUT2D eigenvalue weighted by Crippen LogP contribution is -2.13. The predicted molar refractivity (Wildman–Crippen MR) is 119 cm³/mol. The van der Waals surface area contributed by atoms with E-state index in [0.29, 0.717) is 0 Å². The minimum Gasteiger partial charge on any atom is -0.481 e. The van der Waals surface area contributed by atoms with Gasteiger partial charge in [0.15, 0.2) is 0 Å². The highest BCUT2D eigenvalue weighted by Crippen LogP contribution is 2.18. The van der Waals surface area contributed by atoms with E-state index in [2.05, 4.69) is 27.7 Å². The van der Waals surface area contributed by atoms with Crippen LogP contribution in [-0.4, -0.2) is 22.2 Å². The fraction of sp³-hybridized carbons (Fsp3) is 0.917. The van der Waals surface area contributed by atoms with Crippen molar-refractivity contribution in [3.63, 3.8) is 0 Å². The van der Waals surface area contributed by atoms with Crippen LogP contribution in [0.15, 0.2) is 0 Å². The molecule has 0 rings (SSSR count). The van der Waals surface area contributed by atoms with E-state index in [9.17, 15) is 9.59 Å². The second-order valence-corrected chi connectivity index (χ2v) is 8.05. The Morgan fingerprint density at radius 3 is 1.11 bits per heavy atom. The molecule has 0 bridgehead atoms. The zero-order chi connectivity index (χ0) is 21.6. The van der Waals surface area contributed by atoms with Gasteiger partial charge in [-0.1, -0.05) is 105 Å². The molecule has 1 atom stereocenters. The van der Waals surface area contributed by atoms with Crippen LogP contribution in [0.25, 0.3) is 0 Å². The molecule has 0 aliphatic carbocycles. The molecule has 0 saturated heterocycles. The van der Waals surface area contributed by atoms with Gasteiger partial charge in [-0.15, -0.1) is 0 Å². The minimum atomic E-state index is -0.602. The van der Waals surface area contributed by atoms with Gasteiger partial charge in [0.2, 0.25) is 0 Å². The Morgan fingerprint density at radius 2 is 0.786 bits per heavy atom. The largest absolute Gasteiger partial charge is 0.481 e.